The summed E-state index contributed by atoms with van der Waals surface area (Å²) in [6, 6.07) is 4.31. The monoisotopic (exact) mass is 343 g/mol. The van der Waals surface area contributed by atoms with E-state index in [1.807, 2.05) is 0 Å². The molecule has 0 aliphatic rings. The van der Waals surface area contributed by atoms with Crippen LogP contribution in [0.1, 0.15) is 18.5 Å². The standard InChI is InChI=1S/C13H11F2N3O4S/c1-8(10-3-2-4-11(14)13(10)15)17-23(21,22)9-5-6-12(16-7-9)18(19)20/h2-8,17H,1H3. The first-order chi connectivity index (χ1) is 10.7. The van der Waals surface area contributed by atoms with Gasteiger partial charge in [-0.25, -0.2) is 21.9 Å². The highest BCUT2D eigenvalue weighted by molar-refractivity contribution is 7.89. The number of sulfonamides is 1. The van der Waals surface area contributed by atoms with Crippen LogP contribution in [0.2, 0.25) is 0 Å². The first-order valence-corrected chi connectivity index (χ1v) is 7.77. The van der Waals surface area contributed by atoms with Crippen molar-refractivity contribution in [1.29, 1.82) is 0 Å². The minimum atomic E-state index is -4.10. The molecule has 0 saturated heterocycles. The van der Waals surface area contributed by atoms with Gasteiger partial charge in [-0.05, 0) is 29.0 Å². The van der Waals surface area contributed by atoms with E-state index >= 15 is 0 Å². The molecule has 0 bridgehead atoms. The van der Waals surface area contributed by atoms with E-state index in [1.54, 1.807) is 0 Å². The molecule has 0 fully saturated rings. The second-order valence-electron chi connectivity index (χ2n) is 4.60. The van der Waals surface area contributed by atoms with E-state index in [2.05, 4.69) is 9.71 Å². The fourth-order valence-electron chi connectivity index (χ4n) is 1.86. The quantitative estimate of drug-likeness (QED) is 0.663. The number of nitrogens with zero attached hydrogens (tertiary/aromatic N) is 2. The van der Waals surface area contributed by atoms with E-state index in [4.69, 9.17) is 0 Å². The lowest BCUT2D eigenvalue weighted by molar-refractivity contribution is -0.389. The predicted octanol–water partition coefficient (Wildman–Crippen LogP) is 2.31. The average Bonchev–Trinajstić information content (AvgIpc) is 2.49. The van der Waals surface area contributed by atoms with Crippen molar-refractivity contribution in [3.63, 3.8) is 0 Å². The number of hydrogen-bond donors (Lipinski definition) is 1. The summed E-state index contributed by atoms with van der Waals surface area (Å²) >= 11 is 0. The Bertz CT molecular complexity index is 841. The molecule has 23 heavy (non-hydrogen) atoms. The molecular formula is C13H11F2N3O4S. The van der Waals surface area contributed by atoms with Crippen LogP contribution in [0.3, 0.4) is 0 Å². The van der Waals surface area contributed by atoms with Gasteiger partial charge in [-0.15, -0.1) is 0 Å². The van der Waals surface area contributed by atoms with Crippen molar-refractivity contribution >= 4 is 15.8 Å². The minimum Gasteiger partial charge on any atom is -0.358 e. The molecule has 0 amide bonds. The molecule has 10 heteroatoms. The lowest BCUT2D eigenvalue weighted by atomic mass is 10.1. The Kier molecular flexibility index (Phi) is 4.66. The van der Waals surface area contributed by atoms with Crippen molar-refractivity contribution in [3.8, 4) is 0 Å². The van der Waals surface area contributed by atoms with E-state index < -0.39 is 38.4 Å². The summed E-state index contributed by atoms with van der Waals surface area (Å²) in [6.45, 7) is 1.34. The molecule has 1 N–H and O–H groups in total. The van der Waals surface area contributed by atoms with Crippen LogP contribution in [-0.4, -0.2) is 18.3 Å². The molecule has 0 aliphatic heterocycles. The van der Waals surface area contributed by atoms with Crippen LogP contribution < -0.4 is 4.72 Å². The van der Waals surface area contributed by atoms with Crippen molar-refractivity contribution in [3.05, 3.63) is 63.8 Å². The average molecular weight is 343 g/mol. The minimum absolute atomic E-state index is 0.163. The van der Waals surface area contributed by atoms with Crippen LogP contribution in [0.4, 0.5) is 14.6 Å². The van der Waals surface area contributed by atoms with Gasteiger partial charge in [0.1, 0.15) is 4.90 Å². The van der Waals surface area contributed by atoms with Gasteiger partial charge in [0.2, 0.25) is 10.0 Å². The summed E-state index contributed by atoms with van der Waals surface area (Å²) in [7, 11) is -4.10. The first-order valence-electron chi connectivity index (χ1n) is 6.29. The third kappa shape index (κ3) is 3.66. The zero-order valence-electron chi connectivity index (χ0n) is 11.7. The molecule has 1 aromatic heterocycles. The van der Waals surface area contributed by atoms with Gasteiger partial charge in [-0.3, -0.25) is 0 Å². The fourth-order valence-corrected chi connectivity index (χ4v) is 3.03. The number of pyridine rings is 1. The predicted molar refractivity (Wildman–Crippen MR) is 76.0 cm³/mol. The maximum Gasteiger partial charge on any atom is 0.363 e. The number of hydrogen-bond acceptors (Lipinski definition) is 5. The van der Waals surface area contributed by atoms with E-state index in [0.29, 0.717) is 0 Å². The van der Waals surface area contributed by atoms with Gasteiger partial charge in [0.05, 0.1) is 0 Å². The largest absolute Gasteiger partial charge is 0.363 e. The molecule has 0 aliphatic carbocycles. The molecular weight excluding hydrogens is 332 g/mol. The highest BCUT2D eigenvalue weighted by Crippen LogP contribution is 2.21. The van der Waals surface area contributed by atoms with Gasteiger partial charge in [0.15, 0.2) is 17.8 Å². The Balaban J connectivity index is 2.27. The number of nitrogens with one attached hydrogen (secondary N) is 1. The Morgan fingerprint density at radius 3 is 2.52 bits per heavy atom. The maximum atomic E-state index is 13.7. The third-order valence-electron chi connectivity index (χ3n) is 3.00. The van der Waals surface area contributed by atoms with Gasteiger partial charge in [0.25, 0.3) is 0 Å². The zero-order valence-corrected chi connectivity index (χ0v) is 12.5. The molecule has 1 atom stereocenters. The molecule has 2 aromatic rings. The molecule has 0 saturated carbocycles. The van der Waals surface area contributed by atoms with Crippen molar-refractivity contribution in [2.75, 3.05) is 0 Å². The van der Waals surface area contributed by atoms with Gasteiger partial charge >= 0.3 is 5.82 Å². The molecule has 1 aromatic carbocycles. The molecule has 2 rings (SSSR count). The number of benzene rings is 1. The van der Waals surface area contributed by atoms with Crippen molar-refractivity contribution < 1.29 is 22.1 Å². The van der Waals surface area contributed by atoms with Crippen LogP contribution in [-0.2, 0) is 10.0 Å². The van der Waals surface area contributed by atoms with Crippen LogP contribution in [0.25, 0.3) is 0 Å². The van der Waals surface area contributed by atoms with E-state index in [-0.39, 0.29) is 10.5 Å². The summed E-state index contributed by atoms with van der Waals surface area (Å²) in [6.07, 6.45) is 0.815. The van der Waals surface area contributed by atoms with Gasteiger partial charge in [0, 0.05) is 17.7 Å². The number of rotatable bonds is 5. The second-order valence-corrected chi connectivity index (χ2v) is 6.31. The van der Waals surface area contributed by atoms with Crippen molar-refractivity contribution in [1.82, 2.24) is 9.71 Å². The van der Waals surface area contributed by atoms with Crippen LogP contribution >= 0.6 is 0 Å². The summed E-state index contributed by atoms with van der Waals surface area (Å²) in [5.41, 5.74) is -0.163. The molecule has 0 radical (unpaired) electrons. The van der Waals surface area contributed by atoms with Crippen LogP contribution in [0, 0.1) is 21.7 Å². The Morgan fingerprint density at radius 1 is 1.26 bits per heavy atom. The highest BCUT2D eigenvalue weighted by Gasteiger charge is 2.23. The Hall–Kier alpha value is -2.46. The summed E-state index contributed by atoms with van der Waals surface area (Å²) < 4.78 is 53.3. The lowest BCUT2D eigenvalue weighted by Crippen LogP contribution is -2.27. The second kappa shape index (κ2) is 6.34. The normalized spacial score (nSPS) is 12.8. The lowest BCUT2D eigenvalue weighted by Gasteiger charge is -2.15. The SMILES string of the molecule is CC(NS(=O)(=O)c1ccc([N+](=O)[O-])nc1)c1cccc(F)c1F. The summed E-state index contributed by atoms with van der Waals surface area (Å²) in [5, 5.41) is 10.5. The Morgan fingerprint density at radius 2 is 1.96 bits per heavy atom. The van der Waals surface area contributed by atoms with Crippen LogP contribution in [0.15, 0.2) is 41.4 Å². The highest BCUT2D eigenvalue weighted by atomic mass is 32.2. The van der Waals surface area contributed by atoms with Gasteiger partial charge in [-0.2, -0.15) is 0 Å². The smallest absolute Gasteiger partial charge is 0.358 e. The van der Waals surface area contributed by atoms with E-state index in [0.717, 1.165) is 24.4 Å². The van der Waals surface area contributed by atoms with Crippen molar-refractivity contribution in [2.24, 2.45) is 0 Å². The van der Waals surface area contributed by atoms with E-state index in [9.17, 15) is 27.3 Å². The number of aromatic nitrogens is 1. The zero-order chi connectivity index (χ0) is 17.2. The van der Waals surface area contributed by atoms with Gasteiger partial charge < -0.3 is 10.1 Å². The van der Waals surface area contributed by atoms with E-state index in [1.165, 1.54) is 19.1 Å². The molecule has 1 heterocycles. The molecule has 1 unspecified atom stereocenters. The van der Waals surface area contributed by atoms with Crippen LogP contribution in [0.5, 0.6) is 0 Å². The molecule has 122 valence electrons. The third-order valence-corrected chi connectivity index (χ3v) is 4.52. The summed E-state index contributed by atoms with van der Waals surface area (Å²) in [4.78, 5) is 12.8. The first kappa shape index (κ1) is 16.9. The molecule has 0 spiro atoms. The number of halogens is 2. The summed E-state index contributed by atoms with van der Waals surface area (Å²) in [5.74, 6) is -2.75. The van der Waals surface area contributed by atoms with Crippen molar-refractivity contribution in [2.45, 2.75) is 17.9 Å². The maximum absolute atomic E-state index is 13.7. The molecule has 7 nitrogen and oxygen atoms in total. The Labute approximate surface area is 130 Å². The fraction of sp³-hybridized carbons (Fsp3) is 0.154. The number of nitro groups is 1. The van der Waals surface area contributed by atoms with Gasteiger partial charge in [-0.1, -0.05) is 12.1 Å². The topological polar surface area (TPSA) is 102 Å².